The molecule has 156 valence electrons. The van der Waals surface area contributed by atoms with Crippen molar-refractivity contribution in [3.8, 4) is 22.4 Å². The Balaban J connectivity index is 2.03. The average molecular weight is 424 g/mol. The molecule has 0 atom stereocenters. The van der Waals surface area contributed by atoms with Gasteiger partial charge in [0.2, 0.25) is 0 Å². The van der Waals surface area contributed by atoms with E-state index in [0.717, 1.165) is 17.7 Å². The fourth-order valence-electron chi connectivity index (χ4n) is 3.43. The number of alkyl halides is 3. The van der Waals surface area contributed by atoms with Gasteiger partial charge in [-0.25, -0.2) is 0 Å². The van der Waals surface area contributed by atoms with Gasteiger partial charge in [0.05, 0.1) is 32.6 Å². The quantitative estimate of drug-likeness (QED) is 0.319. The predicted molar refractivity (Wildman–Crippen MR) is 112 cm³/mol. The second-order valence-corrected chi connectivity index (χ2v) is 7.13. The number of H-pyrrole nitrogens is 1. The first-order valence-corrected chi connectivity index (χ1v) is 9.24. The van der Waals surface area contributed by atoms with Crippen LogP contribution in [0.1, 0.15) is 11.1 Å². The molecule has 0 saturated carbocycles. The summed E-state index contributed by atoms with van der Waals surface area (Å²) in [6.07, 6.45) is -4.51. The van der Waals surface area contributed by atoms with Gasteiger partial charge in [0, 0.05) is 12.1 Å². The third kappa shape index (κ3) is 3.79. The molecule has 0 aliphatic carbocycles. The summed E-state index contributed by atoms with van der Waals surface area (Å²) < 4.78 is 38.9. The summed E-state index contributed by atoms with van der Waals surface area (Å²) in [6.45, 7) is 1.91. The number of non-ortho nitro benzene ring substituents is 1. The number of nitrogens with one attached hydrogen (secondary N) is 1. The minimum absolute atomic E-state index is 0.0833. The van der Waals surface area contributed by atoms with Crippen molar-refractivity contribution >= 4 is 16.6 Å². The zero-order valence-electron chi connectivity index (χ0n) is 16.2. The topological polar surface area (TPSA) is 76.0 Å². The van der Waals surface area contributed by atoms with E-state index in [1.807, 2.05) is 19.1 Å². The number of nitro groups is 1. The van der Waals surface area contributed by atoms with Gasteiger partial charge in [-0.15, -0.1) is 0 Å². The number of aryl methyl sites for hydroxylation is 1. The third-order valence-corrected chi connectivity index (χ3v) is 5.04. The molecule has 0 bridgehead atoms. The van der Waals surface area contributed by atoms with Gasteiger partial charge in [-0.2, -0.15) is 13.2 Å². The van der Waals surface area contributed by atoms with Gasteiger partial charge in [0.25, 0.3) is 5.69 Å². The Kier molecular flexibility index (Phi) is 4.85. The third-order valence-electron chi connectivity index (χ3n) is 5.04. The number of hydrogen-bond donors (Lipinski definition) is 1. The Hall–Kier alpha value is -3.94. The molecule has 0 unspecified atom stereocenters. The number of nitro benzene ring substituents is 1. The molecule has 0 amide bonds. The molecule has 4 aromatic rings. The maximum absolute atomic E-state index is 13.4. The van der Waals surface area contributed by atoms with E-state index < -0.39 is 22.1 Å². The molecule has 5 nitrogen and oxygen atoms in total. The van der Waals surface area contributed by atoms with Crippen molar-refractivity contribution in [2.45, 2.75) is 13.1 Å². The number of fused-ring (bicyclic) bond motifs is 1. The summed E-state index contributed by atoms with van der Waals surface area (Å²) in [5.41, 5.74) is 1.31. The second-order valence-electron chi connectivity index (χ2n) is 7.13. The minimum atomic E-state index is -4.51. The molecular formula is C23H15F3N2O3. The van der Waals surface area contributed by atoms with E-state index in [9.17, 15) is 28.1 Å². The van der Waals surface area contributed by atoms with Crippen LogP contribution in [0.4, 0.5) is 18.9 Å². The zero-order valence-corrected chi connectivity index (χ0v) is 16.2. The molecular weight excluding hydrogens is 409 g/mol. The highest BCUT2D eigenvalue weighted by atomic mass is 19.4. The molecule has 1 N–H and O–H groups in total. The van der Waals surface area contributed by atoms with Crippen LogP contribution >= 0.6 is 0 Å². The Bertz CT molecular complexity index is 1360. The van der Waals surface area contributed by atoms with E-state index in [2.05, 4.69) is 4.98 Å². The molecule has 0 saturated heterocycles. The van der Waals surface area contributed by atoms with E-state index in [0.29, 0.717) is 16.8 Å². The van der Waals surface area contributed by atoms with Crippen molar-refractivity contribution in [3.63, 3.8) is 0 Å². The highest BCUT2D eigenvalue weighted by molar-refractivity contribution is 5.92. The lowest BCUT2D eigenvalue weighted by molar-refractivity contribution is -0.384. The standard InChI is InChI=1S/C23H15F3N2O3/c1-13-2-4-15(5-3-13)21-20(14-6-8-16(9-7-14)23(24,25)26)22(29)18-12-17(28(30)31)10-11-19(18)27-21/h2-12H,1H3,(H,27,29). The smallest absolute Gasteiger partial charge is 0.354 e. The van der Waals surface area contributed by atoms with Crippen molar-refractivity contribution < 1.29 is 18.1 Å². The van der Waals surface area contributed by atoms with Crippen molar-refractivity contribution in [1.82, 2.24) is 4.98 Å². The molecule has 0 aliphatic heterocycles. The van der Waals surface area contributed by atoms with E-state index in [1.165, 1.54) is 30.3 Å². The van der Waals surface area contributed by atoms with Crippen molar-refractivity contribution in [2.75, 3.05) is 0 Å². The van der Waals surface area contributed by atoms with Crippen LogP contribution < -0.4 is 5.43 Å². The van der Waals surface area contributed by atoms with Crippen LogP contribution in [-0.2, 0) is 6.18 Å². The van der Waals surface area contributed by atoms with Crippen LogP contribution in [0, 0.1) is 17.0 Å². The molecule has 0 spiro atoms. The van der Waals surface area contributed by atoms with E-state index in [4.69, 9.17) is 0 Å². The molecule has 8 heteroatoms. The Morgan fingerprint density at radius 3 is 2.10 bits per heavy atom. The fourth-order valence-corrected chi connectivity index (χ4v) is 3.43. The second kappa shape index (κ2) is 7.39. The lowest BCUT2D eigenvalue weighted by Crippen LogP contribution is -2.10. The molecule has 1 heterocycles. The van der Waals surface area contributed by atoms with Gasteiger partial charge >= 0.3 is 6.18 Å². The first kappa shape index (κ1) is 20.3. The monoisotopic (exact) mass is 424 g/mol. The van der Waals surface area contributed by atoms with Gasteiger partial charge in [0.1, 0.15) is 0 Å². The molecule has 31 heavy (non-hydrogen) atoms. The summed E-state index contributed by atoms with van der Waals surface area (Å²) in [6, 6.07) is 15.5. The van der Waals surface area contributed by atoms with Crippen LogP contribution in [0.2, 0.25) is 0 Å². The molecule has 0 aliphatic rings. The lowest BCUT2D eigenvalue weighted by Gasteiger charge is -2.13. The van der Waals surface area contributed by atoms with Gasteiger partial charge in [0.15, 0.2) is 5.43 Å². The molecule has 1 aromatic heterocycles. The van der Waals surface area contributed by atoms with E-state index in [1.54, 1.807) is 12.1 Å². The van der Waals surface area contributed by atoms with Crippen molar-refractivity contribution in [2.24, 2.45) is 0 Å². The SMILES string of the molecule is Cc1ccc(-c2[nH]c3ccc([N+](=O)[O-])cc3c(=O)c2-c2ccc(C(F)(F)F)cc2)cc1. The normalized spacial score (nSPS) is 11.6. The average Bonchev–Trinajstić information content (AvgIpc) is 2.73. The zero-order chi connectivity index (χ0) is 22.3. The molecule has 0 radical (unpaired) electrons. The van der Waals surface area contributed by atoms with Gasteiger partial charge < -0.3 is 4.98 Å². The van der Waals surface area contributed by atoms with Crippen LogP contribution in [-0.4, -0.2) is 9.91 Å². The number of benzene rings is 3. The molecule has 4 rings (SSSR count). The summed E-state index contributed by atoms with van der Waals surface area (Å²) in [5.74, 6) is 0. The first-order chi connectivity index (χ1) is 14.6. The van der Waals surface area contributed by atoms with Crippen molar-refractivity contribution in [1.29, 1.82) is 0 Å². The lowest BCUT2D eigenvalue weighted by atomic mass is 9.95. The number of hydrogen-bond acceptors (Lipinski definition) is 3. The predicted octanol–water partition coefficient (Wildman–Crippen LogP) is 6.10. The maximum atomic E-state index is 13.4. The van der Waals surface area contributed by atoms with Gasteiger partial charge in [-0.1, -0.05) is 42.0 Å². The van der Waals surface area contributed by atoms with Crippen LogP contribution in [0.5, 0.6) is 0 Å². The molecule has 3 aromatic carbocycles. The summed E-state index contributed by atoms with van der Waals surface area (Å²) in [4.78, 5) is 27.1. The van der Waals surface area contributed by atoms with Gasteiger partial charge in [-0.3, -0.25) is 14.9 Å². The van der Waals surface area contributed by atoms with Crippen molar-refractivity contribution in [3.05, 3.63) is 98.2 Å². The number of aromatic amines is 1. The summed E-state index contributed by atoms with van der Waals surface area (Å²) >= 11 is 0. The highest BCUT2D eigenvalue weighted by Gasteiger charge is 2.30. The fraction of sp³-hybridized carbons (Fsp3) is 0.0870. The number of aromatic nitrogens is 1. The Morgan fingerprint density at radius 1 is 0.903 bits per heavy atom. The number of pyridine rings is 1. The summed E-state index contributed by atoms with van der Waals surface area (Å²) in [7, 11) is 0. The summed E-state index contributed by atoms with van der Waals surface area (Å²) in [5, 5.41) is 11.2. The minimum Gasteiger partial charge on any atom is -0.354 e. The first-order valence-electron chi connectivity index (χ1n) is 9.24. The van der Waals surface area contributed by atoms with E-state index in [-0.39, 0.29) is 22.2 Å². The highest BCUT2D eigenvalue weighted by Crippen LogP contribution is 2.34. The van der Waals surface area contributed by atoms with Crippen LogP contribution in [0.25, 0.3) is 33.3 Å². The van der Waals surface area contributed by atoms with Gasteiger partial charge in [-0.05, 0) is 36.2 Å². The number of nitrogens with zero attached hydrogens (tertiary/aromatic N) is 1. The largest absolute Gasteiger partial charge is 0.416 e. The number of halogens is 3. The Labute approximate surface area is 173 Å². The van der Waals surface area contributed by atoms with Crippen LogP contribution in [0.3, 0.4) is 0 Å². The Morgan fingerprint density at radius 2 is 1.52 bits per heavy atom. The molecule has 0 fully saturated rings. The number of rotatable bonds is 3. The van der Waals surface area contributed by atoms with E-state index >= 15 is 0 Å². The van der Waals surface area contributed by atoms with Crippen LogP contribution in [0.15, 0.2) is 71.5 Å². The maximum Gasteiger partial charge on any atom is 0.416 e.